The van der Waals surface area contributed by atoms with Crippen molar-refractivity contribution < 1.29 is 18.4 Å². The van der Waals surface area contributed by atoms with Gasteiger partial charge in [-0.05, 0) is 31.9 Å². The van der Waals surface area contributed by atoms with Crippen LogP contribution in [-0.4, -0.2) is 23.9 Å². The van der Waals surface area contributed by atoms with Gasteiger partial charge in [0.25, 0.3) is 5.91 Å². The Morgan fingerprint density at radius 2 is 2.00 bits per heavy atom. The molecule has 1 aromatic carbocycles. The maximum absolute atomic E-state index is 13.7. The Morgan fingerprint density at radius 3 is 2.60 bits per heavy atom. The fourth-order valence-corrected chi connectivity index (χ4v) is 1.67. The van der Waals surface area contributed by atoms with E-state index in [1.165, 1.54) is 6.92 Å². The number of anilines is 1. The van der Waals surface area contributed by atoms with Crippen molar-refractivity contribution in [3.05, 3.63) is 29.3 Å². The highest BCUT2D eigenvalue weighted by Crippen LogP contribution is 2.19. The van der Waals surface area contributed by atoms with Crippen molar-refractivity contribution in [2.75, 3.05) is 5.73 Å². The zero-order chi connectivity index (χ0) is 14.9. The van der Waals surface area contributed by atoms with Gasteiger partial charge in [0, 0.05) is 6.04 Å². The summed E-state index contributed by atoms with van der Waals surface area (Å²) in [4.78, 5) is 23.5. The number of carbonyl (C=O) groups is 2. The number of nitrogens with two attached hydrogens (primary N) is 1. The predicted octanol–water partition coefficient (Wildman–Crippen LogP) is 0.944. The highest BCUT2D eigenvalue weighted by molar-refractivity contribution is 5.98. The molecule has 0 aliphatic heterocycles. The van der Waals surface area contributed by atoms with Crippen LogP contribution < -0.4 is 16.4 Å². The first-order valence-corrected chi connectivity index (χ1v) is 6.24. The quantitative estimate of drug-likeness (QED) is 0.719. The summed E-state index contributed by atoms with van der Waals surface area (Å²) in [7, 11) is 0. The zero-order valence-corrected chi connectivity index (χ0v) is 10.9. The van der Waals surface area contributed by atoms with Crippen molar-refractivity contribution >= 4 is 17.5 Å². The van der Waals surface area contributed by atoms with Crippen molar-refractivity contribution in [1.82, 2.24) is 10.6 Å². The minimum atomic E-state index is -1.00. The third-order valence-electron chi connectivity index (χ3n) is 2.97. The first kappa shape index (κ1) is 14.2. The van der Waals surface area contributed by atoms with Gasteiger partial charge in [-0.1, -0.05) is 0 Å². The van der Waals surface area contributed by atoms with Crippen molar-refractivity contribution in [2.45, 2.75) is 31.8 Å². The molecule has 4 N–H and O–H groups in total. The number of hydrogen-bond acceptors (Lipinski definition) is 3. The fraction of sp³-hybridized carbons (Fsp3) is 0.385. The molecule has 5 nitrogen and oxygen atoms in total. The summed E-state index contributed by atoms with van der Waals surface area (Å²) >= 11 is 0. The topological polar surface area (TPSA) is 84.2 Å². The van der Waals surface area contributed by atoms with Gasteiger partial charge in [0.2, 0.25) is 5.91 Å². The van der Waals surface area contributed by atoms with Crippen molar-refractivity contribution in [3.63, 3.8) is 0 Å². The van der Waals surface area contributed by atoms with Crippen LogP contribution >= 0.6 is 0 Å². The molecular weight excluding hydrogens is 268 g/mol. The van der Waals surface area contributed by atoms with Crippen LogP contribution in [0.1, 0.15) is 30.1 Å². The molecule has 2 amide bonds. The molecule has 2 rings (SSSR count). The number of halogens is 2. The van der Waals surface area contributed by atoms with E-state index in [1.54, 1.807) is 0 Å². The van der Waals surface area contributed by atoms with E-state index in [2.05, 4.69) is 10.6 Å². The SMILES string of the molecule is CC(NC(=O)c1cc(F)cc(N)c1F)C(=O)NC1CC1. The Morgan fingerprint density at radius 1 is 1.35 bits per heavy atom. The average molecular weight is 283 g/mol. The number of amides is 2. The van der Waals surface area contributed by atoms with Gasteiger partial charge in [-0.2, -0.15) is 0 Å². The summed E-state index contributed by atoms with van der Waals surface area (Å²) in [6, 6.07) is 0.845. The standard InChI is InChI=1S/C13H15F2N3O2/c1-6(12(19)18-8-2-3-8)17-13(20)9-4-7(14)5-10(16)11(9)15/h4-6,8H,2-3,16H2,1H3,(H,17,20)(H,18,19). The molecule has 1 saturated carbocycles. The van der Waals surface area contributed by atoms with Gasteiger partial charge in [0.1, 0.15) is 11.9 Å². The minimum Gasteiger partial charge on any atom is -0.396 e. The normalized spacial score (nSPS) is 15.6. The van der Waals surface area contributed by atoms with E-state index in [0.29, 0.717) is 0 Å². The lowest BCUT2D eigenvalue weighted by molar-refractivity contribution is -0.122. The van der Waals surface area contributed by atoms with Crippen LogP contribution in [0.25, 0.3) is 0 Å². The van der Waals surface area contributed by atoms with Gasteiger partial charge < -0.3 is 16.4 Å². The van der Waals surface area contributed by atoms with Crippen molar-refractivity contribution in [1.29, 1.82) is 0 Å². The van der Waals surface area contributed by atoms with Gasteiger partial charge in [0.15, 0.2) is 5.82 Å². The molecular formula is C13H15F2N3O2. The molecule has 0 saturated heterocycles. The first-order chi connectivity index (χ1) is 9.38. The number of rotatable bonds is 4. The number of carbonyl (C=O) groups excluding carboxylic acids is 2. The second kappa shape index (κ2) is 5.44. The highest BCUT2D eigenvalue weighted by Gasteiger charge is 2.27. The Hall–Kier alpha value is -2.18. The van der Waals surface area contributed by atoms with Crippen LogP contribution in [0.4, 0.5) is 14.5 Å². The summed E-state index contributed by atoms with van der Waals surface area (Å²) in [5, 5.41) is 5.01. The van der Waals surface area contributed by atoms with Crippen LogP contribution in [0.15, 0.2) is 12.1 Å². The van der Waals surface area contributed by atoms with E-state index in [4.69, 9.17) is 5.73 Å². The van der Waals surface area contributed by atoms with Crippen LogP contribution in [0.2, 0.25) is 0 Å². The maximum Gasteiger partial charge on any atom is 0.255 e. The fourth-order valence-electron chi connectivity index (χ4n) is 1.67. The van der Waals surface area contributed by atoms with Crippen molar-refractivity contribution in [2.24, 2.45) is 0 Å². The van der Waals surface area contributed by atoms with Crippen LogP contribution in [0.3, 0.4) is 0 Å². The maximum atomic E-state index is 13.7. The van der Waals surface area contributed by atoms with Gasteiger partial charge in [-0.3, -0.25) is 9.59 Å². The van der Waals surface area contributed by atoms with E-state index in [9.17, 15) is 18.4 Å². The number of hydrogen-bond donors (Lipinski definition) is 3. The largest absolute Gasteiger partial charge is 0.396 e. The Balaban J connectivity index is 2.05. The Bertz CT molecular complexity index is 559. The predicted molar refractivity (Wildman–Crippen MR) is 68.9 cm³/mol. The molecule has 1 fully saturated rings. The van der Waals surface area contributed by atoms with Gasteiger partial charge >= 0.3 is 0 Å². The summed E-state index contributed by atoms with van der Waals surface area (Å²) in [6.07, 6.45) is 1.84. The van der Waals surface area contributed by atoms with Crippen LogP contribution in [0.5, 0.6) is 0 Å². The average Bonchev–Trinajstić information content (AvgIpc) is 3.17. The zero-order valence-electron chi connectivity index (χ0n) is 10.9. The second-order valence-corrected chi connectivity index (χ2v) is 4.83. The molecule has 20 heavy (non-hydrogen) atoms. The van der Waals surface area contributed by atoms with E-state index >= 15 is 0 Å². The molecule has 0 bridgehead atoms. The van der Waals surface area contributed by atoms with Gasteiger partial charge in [0.05, 0.1) is 11.3 Å². The molecule has 0 radical (unpaired) electrons. The summed E-state index contributed by atoms with van der Waals surface area (Å²) in [5.74, 6) is -3.05. The molecule has 0 heterocycles. The molecule has 1 aromatic rings. The highest BCUT2D eigenvalue weighted by atomic mass is 19.1. The lowest BCUT2D eigenvalue weighted by Crippen LogP contribution is -2.45. The molecule has 0 aromatic heterocycles. The third kappa shape index (κ3) is 3.23. The van der Waals surface area contributed by atoms with E-state index in [0.717, 1.165) is 25.0 Å². The van der Waals surface area contributed by atoms with Crippen LogP contribution in [0, 0.1) is 11.6 Å². The lowest BCUT2D eigenvalue weighted by atomic mass is 10.1. The van der Waals surface area contributed by atoms with E-state index < -0.39 is 34.8 Å². The number of benzene rings is 1. The molecule has 1 atom stereocenters. The molecule has 0 spiro atoms. The molecule has 1 aliphatic rings. The van der Waals surface area contributed by atoms with E-state index in [1.807, 2.05) is 0 Å². The Kier molecular flexibility index (Phi) is 3.87. The second-order valence-electron chi connectivity index (χ2n) is 4.83. The first-order valence-electron chi connectivity index (χ1n) is 6.24. The van der Waals surface area contributed by atoms with E-state index in [-0.39, 0.29) is 11.9 Å². The molecule has 108 valence electrons. The van der Waals surface area contributed by atoms with Crippen LogP contribution in [-0.2, 0) is 4.79 Å². The lowest BCUT2D eigenvalue weighted by Gasteiger charge is -2.14. The summed E-state index contributed by atoms with van der Waals surface area (Å²) < 4.78 is 26.8. The number of nitrogen functional groups attached to an aromatic ring is 1. The summed E-state index contributed by atoms with van der Waals surface area (Å²) in [6.45, 7) is 1.47. The van der Waals surface area contributed by atoms with Gasteiger partial charge in [-0.25, -0.2) is 8.78 Å². The molecule has 1 aliphatic carbocycles. The third-order valence-corrected chi connectivity index (χ3v) is 2.97. The van der Waals surface area contributed by atoms with Gasteiger partial charge in [-0.15, -0.1) is 0 Å². The monoisotopic (exact) mass is 283 g/mol. The number of nitrogens with one attached hydrogen (secondary N) is 2. The summed E-state index contributed by atoms with van der Waals surface area (Å²) in [5.41, 5.74) is 4.28. The smallest absolute Gasteiger partial charge is 0.255 e. The molecule has 7 heteroatoms. The van der Waals surface area contributed by atoms with Crippen molar-refractivity contribution in [3.8, 4) is 0 Å². The molecule has 1 unspecified atom stereocenters. The Labute approximate surface area is 114 Å². The minimum absolute atomic E-state index is 0.156.